The molecule has 0 fully saturated rings. The zero-order valence-electron chi connectivity index (χ0n) is 19.1. The third kappa shape index (κ3) is 5.71. The molecule has 1 aliphatic heterocycles. The number of hydrogen-bond donors (Lipinski definition) is 3. The van der Waals surface area contributed by atoms with Crippen molar-refractivity contribution in [3.8, 4) is 0 Å². The van der Waals surface area contributed by atoms with Crippen molar-refractivity contribution in [1.82, 2.24) is 16.0 Å². The average molecular weight is 478 g/mol. The van der Waals surface area contributed by atoms with Gasteiger partial charge < -0.3 is 16.0 Å². The van der Waals surface area contributed by atoms with Crippen LogP contribution in [-0.2, 0) is 20.8 Å². The number of fused-ring (bicyclic) bond motifs is 1. The summed E-state index contributed by atoms with van der Waals surface area (Å²) < 4.78 is 26.8. The summed E-state index contributed by atoms with van der Waals surface area (Å²) in [6, 6.07) is 18.2. The molecule has 3 atom stereocenters. The van der Waals surface area contributed by atoms with Gasteiger partial charge in [-0.2, -0.15) is 0 Å². The number of carbonyl (C=O) groups excluding carboxylic acids is 3. The lowest BCUT2D eigenvalue weighted by atomic mass is 9.87. The zero-order chi connectivity index (χ0) is 24.9. The summed E-state index contributed by atoms with van der Waals surface area (Å²) in [5.74, 6) is -3.14. The van der Waals surface area contributed by atoms with Crippen molar-refractivity contribution < 1.29 is 23.2 Å². The molecule has 180 valence electrons. The van der Waals surface area contributed by atoms with Crippen LogP contribution in [0.4, 0.5) is 8.78 Å². The molecule has 0 saturated heterocycles. The molecule has 0 saturated carbocycles. The predicted octanol–water partition coefficient (Wildman–Crippen LogP) is 3.13. The molecule has 1 aliphatic rings. The summed E-state index contributed by atoms with van der Waals surface area (Å²) in [5, 5.41) is 8.16. The fourth-order valence-electron chi connectivity index (χ4n) is 4.30. The van der Waals surface area contributed by atoms with Gasteiger partial charge in [0.2, 0.25) is 17.7 Å². The summed E-state index contributed by atoms with van der Waals surface area (Å²) in [5.41, 5.74) is 2.80. The second kappa shape index (κ2) is 10.5. The van der Waals surface area contributed by atoms with Crippen molar-refractivity contribution in [3.05, 3.63) is 107 Å². The lowest BCUT2D eigenvalue weighted by Crippen LogP contribution is -2.49. The third-order valence-corrected chi connectivity index (χ3v) is 5.97. The van der Waals surface area contributed by atoms with Gasteiger partial charge in [0, 0.05) is 18.5 Å². The van der Waals surface area contributed by atoms with E-state index in [2.05, 4.69) is 16.0 Å². The summed E-state index contributed by atoms with van der Waals surface area (Å²) in [7, 11) is 0. The van der Waals surface area contributed by atoms with Gasteiger partial charge in [-0.1, -0.05) is 54.6 Å². The van der Waals surface area contributed by atoms with E-state index in [9.17, 15) is 23.2 Å². The van der Waals surface area contributed by atoms with Crippen molar-refractivity contribution in [2.24, 2.45) is 0 Å². The number of carbonyl (C=O) groups is 3. The molecule has 2 unspecified atom stereocenters. The van der Waals surface area contributed by atoms with E-state index < -0.39 is 35.5 Å². The van der Waals surface area contributed by atoms with Gasteiger partial charge >= 0.3 is 0 Å². The van der Waals surface area contributed by atoms with Crippen LogP contribution in [0.2, 0.25) is 0 Å². The Morgan fingerprint density at radius 1 is 0.971 bits per heavy atom. The second-order valence-corrected chi connectivity index (χ2v) is 8.52. The van der Waals surface area contributed by atoms with Crippen LogP contribution < -0.4 is 16.0 Å². The maximum atomic E-state index is 13.4. The molecule has 3 N–H and O–H groups in total. The molecular formula is C27H25F2N3O3. The van der Waals surface area contributed by atoms with Gasteiger partial charge in [-0.05, 0) is 41.3 Å². The number of benzene rings is 3. The highest BCUT2D eigenvalue weighted by Gasteiger charge is 2.33. The summed E-state index contributed by atoms with van der Waals surface area (Å²) in [6.07, 6.45) is -0.294. The summed E-state index contributed by atoms with van der Waals surface area (Å²) in [6.45, 7) is 1.86. The lowest BCUT2D eigenvalue weighted by molar-refractivity contribution is -0.131. The van der Waals surface area contributed by atoms with E-state index in [1.807, 2.05) is 54.6 Å². The Kier molecular flexibility index (Phi) is 7.19. The van der Waals surface area contributed by atoms with E-state index in [-0.39, 0.29) is 23.8 Å². The molecule has 4 rings (SSSR count). The van der Waals surface area contributed by atoms with Crippen LogP contribution in [0.25, 0.3) is 0 Å². The lowest BCUT2D eigenvalue weighted by Gasteiger charge is -2.22. The zero-order valence-corrected chi connectivity index (χ0v) is 19.1. The van der Waals surface area contributed by atoms with Gasteiger partial charge in [-0.25, -0.2) is 8.78 Å². The minimum absolute atomic E-state index is 0.0814. The Hall–Kier alpha value is -4.07. The first-order valence-electron chi connectivity index (χ1n) is 11.3. The molecule has 0 aliphatic carbocycles. The molecule has 0 radical (unpaired) electrons. The van der Waals surface area contributed by atoms with Crippen LogP contribution >= 0.6 is 0 Å². The van der Waals surface area contributed by atoms with E-state index in [0.29, 0.717) is 12.1 Å². The number of hydrogen-bond acceptors (Lipinski definition) is 3. The van der Waals surface area contributed by atoms with Crippen molar-refractivity contribution in [2.75, 3.05) is 6.54 Å². The normalized spacial score (nSPS) is 18.0. The Morgan fingerprint density at radius 3 is 2.29 bits per heavy atom. The Balaban J connectivity index is 1.48. The summed E-state index contributed by atoms with van der Waals surface area (Å²) >= 11 is 0. The van der Waals surface area contributed by atoms with Crippen LogP contribution in [0.3, 0.4) is 0 Å². The van der Waals surface area contributed by atoms with Crippen LogP contribution in [0.15, 0.2) is 72.8 Å². The second-order valence-electron chi connectivity index (χ2n) is 8.52. The number of rotatable bonds is 6. The Bertz CT molecular complexity index is 1230. The van der Waals surface area contributed by atoms with E-state index in [0.717, 1.165) is 29.3 Å². The molecule has 3 amide bonds. The van der Waals surface area contributed by atoms with Crippen LogP contribution in [0, 0.1) is 11.6 Å². The monoisotopic (exact) mass is 477 g/mol. The van der Waals surface area contributed by atoms with Gasteiger partial charge in [0.05, 0.1) is 6.42 Å². The Labute approximate surface area is 201 Å². The standard InChI is InChI=1S/C27H25F2N3O3/c1-16(31-24(33)13-17-11-19(28)14-20(29)12-17)26(34)32-25-22-10-6-5-9-21(22)23(15-30-27(25)35)18-7-3-2-4-8-18/h2-12,14,16,23,25H,13,15H2,1H3,(H,30,35)(H,31,33)(H,32,34)/t16-,23?,25?/m0/s1. The molecule has 3 aromatic rings. The van der Waals surface area contributed by atoms with Gasteiger partial charge in [0.15, 0.2) is 0 Å². The van der Waals surface area contributed by atoms with Crippen molar-refractivity contribution in [2.45, 2.75) is 31.3 Å². The highest BCUT2D eigenvalue weighted by Crippen LogP contribution is 2.32. The fourth-order valence-corrected chi connectivity index (χ4v) is 4.30. The topological polar surface area (TPSA) is 87.3 Å². The SMILES string of the molecule is C[C@H](NC(=O)Cc1cc(F)cc(F)c1)C(=O)NC1C(=O)NCC(c2ccccc2)c2ccccc21. The fraction of sp³-hybridized carbons (Fsp3) is 0.222. The molecule has 3 aromatic carbocycles. The highest BCUT2D eigenvalue weighted by atomic mass is 19.1. The van der Waals surface area contributed by atoms with Crippen LogP contribution in [0.1, 0.15) is 41.1 Å². The van der Waals surface area contributed by atoms with E-state index in [4.69, 9.17) is 0 Å². The first-order valence-corrected chi connectivity index (χ1v) is 11.3. The quantitative estimate of drug-likeness (QED) is 0.510. The molecule has 0 spiro atoms. The molecule has 1 heterocycles. The Morgan fingerprint density at radius 2 is 1.60 bits per heavy atom. The van der Waals surface area contributed by atoms with Gasteiger partial charge in [0.25, 0.3) is 0 Å². The maximum Gasteiger partial charge on any atom is 0.247 e. The molecule has 8 heteroatoms. The first-order chi connectivity index (χ1) is 16.8. The minimum atomic E-state index is -0.978. The first kappa shape index (κ1) is 24.1. The van der Waals surface area contributed by atoms with Crippen molar-refractivity contribution in [3.63, 3.8) is 0 Å². The molecule has 6 nitrogen and oxygen atoms in total. The van der Waals surface area contributed by atoms with Crippen LogP contribution in [-0.4, -0.2) is 30.3 Å². The molecule has 0 bridgehead atoms. The van der Waals surface area contributed by atoms with Crippen LogP contribution in [0.5, 0.6) is 0 Å². The van der Waals surface area contributed by atoms with E-state index in [1.165, 1.54) is 6.92 Å². The predicted molar refractivity (Wildman–Crippen MR) is 126 cm³/mol. The highest BCUT2D eigenvalue weighted by molar-refractivity contribution is 5.93. The molecule has 0 aromatic heterocycles. The van der Waals surface area contributed by atoms with Crippen molar-refractivity contribution >= 4 is 17.7 Å². The third-order valence-electron chi connectivity index (χ3n) is 5.97. The number of nitrogens with one attached hydrogen (secondary N) is 3. The smallest absolute Gasteiger partial charge is 0.247 e. The summed E-state index contributed by atoms with van der Waals surface area (Å²) in [4.78, 5) is 38.2. The van der Waals surface area contributed by atoms with Crippen molar-refractivity contribution in [1.29, 1.82) is 0 Å². The van der Waals surface area contributed by atoms with Gasteiger partial charge in [-0.3, -0.25) is 14.4 Å². The van der Waals surface area contributed by atoms with E-state index in [1.54, 1.807) is 0 Å². The van der Waals surface area contributed by atoms with Gasteiger partial charge in [-0.15, -0.1) is 0 Å². The van der Waals surface area contributed by atoms with Gasteiger partial charge in [0.1, 0.15) is 23.7 Å². The molecule has 35 heavy (non-hydrogen) atoms. The number of halogens is 2. The number of amides is 3. The minimum Gasteiger partial charge on any atom is -0.353 e. The average Bonchev–Trinajstić information content (AvgIpc) is 2.95. The van der Waals surface area contributed by atoms with E-state index >= 15 is 0 Å². The molecular weight excluding hydrogens is 452 g/mol. The largest absolute Gasteiger partial charge is 0.353 e. The maximum absolute atomic E-state index is 13.4.